The van der Waals surface area contributed by atoms with E-state index in [0.29, 0.717) is 12.2 Å². The lowest BCUT2D eigenvalue weighted by Gasteiger charge is -2.10. The van der Waals surface area contributed by atoms with Crippen LogP contribution in [-0.4, -0.2) is 46.0 Å². The summed E-state index contributed by atoms with van der Waals surface area (Å²) in [7, 11) is 0. The summed E-state index contributed by atoms with van der Waals surface area (Å²) in [4.78, 5) is 73.2. The van der Waals surface area contributed by atoms with Gasteiger partial charge in [-0.05, 0) is 48.5 Å². The molecular formula is C32H20O12. The van der Waals surface area contributed by atoms with Crippen molar-refractivity contribution in [2.24, 2.45) is 0 Å². The summed E-state index contributed by atoms with van der Waals surface area (Å²) in [5.74, 6) is -7.68. The molecule has 0 saturated heterocycles. The maximum atomic E-state index is 12.7. The molecule has 0 aromatic heterocycles. The highest BCUT2D eigenvalue weighted by Gasteiger charge is 2.21. The molecule has 0 fully saturated rings. The van der Waals surface area contributed by atoms with Crippen LogP contribution in [0.15, 0.2) is 109 Å². The molecule has 4 aromatic carbocycles. The van der Waals surface area contributed by atoms with Crippen molar-refractivity contribution in [1.82, 2.24) is 0 Å². The van der Waals surface area contributed by atoms with Gasteiger partial charge in [0.15, 0.2) is 0 Å². The minimum absolute atomic E-state index is 0.200. The summed E-state index contributed by atoms with van der Waals surface area (Å²) in [6, 6.07) is 22.0. The van der Waals surface area contributed by atoms with Gasteiger partial charge in [-0.2, -0.15) is 0 Å². The number of aromatic carboxylic acids is 2. The molecule has 4 rings (SSSR count). The SMILES string of the molecule is O=C(/C=C/C(=O)Oc1ccccc1C(=O)Oc1ccccc1C(=O)O)Oc1ccccc1C(=O)Oc1ccccc1C(=O)O. The van der Waals surface area contributed by atoms with E-state index in [0.717, 1.165) is 0 Å². The molecular weight excluding hydrogens is 576 g/mol. The van der Waals surface area contributed by atoms with Crippen LogP contribution in [-0.2, 0) is 9.59 Å². The lowest BCUT2D eigenvalue weighted by atomic mass is 10.2. The average molecular weight is 597 g/mol. The van der Waals surface area contributed by atoms with Crippen molar-refractivity contribution >= 4 is 35.8 Å². The summed E-state index contributed by atoms with van der Waals surface area (Å²) in [6.07, 6.45) is 1.43. The second-order valence-electron chi connectivity index (χ2n) is 8.55. The van der Waals surface area contributed by atoms with E-state index in [9.17, 15) is 39.0 Å². The van der Waals surface area contributed by atoms with Gasteiger partial charge in [-0.25, -0.2) is 28.8 Å². The third kappa shape index (κ3) is 7.59. The zero-order valence-electron chi connectivity index (χ0n) is 22.4. The van der Waals surface area contributed by atoms with Gasteiger partial charge in [0.1, 0.15) is 45.3 Å². The van der Waals surface area contributed by atoms with Crippen LogP contribution >= 0.6 is 0 Å². The number of hydrogen-bond acceptors (Lipinski definition) is 10. The Morgan fingerprint density at radius 2 is 0.682 bits per heavy atom. The number of carbonyl (C=O) groups is 6. The Kier molecular flexibility index (Phi) is 9.58. The molecule has 0 aliphatic carbocycles. The lowest BCUT2D eigenvalue weighted by Crippen LogP contribution is -2.16. The average Bonchev–Trinajstić information content (AvgIpc) is 3.01. The maximum Gasteiger partial charge on any atom is 0.347 e. The molecule has 0 bridgehead atoms. The molecule has 0 radical (unpaired) electrons. The second kappa shape index (κ2) is 13.9. The van der Waals surface area contributed by atoms with E-state index in [1.807, 2.05) is 0 Å². The highest BCUT2D eigenvalue weighted by molar-refractivity contribution is 6.00. The van der Waals surface area contributed by atoms with Crippen LogP contribution in [0.5, 0.6) is 23.0 Å². The minimum Gasteiger partial charge on any atom is -0.478 e. The smallest absolute Gasteiger partial charge is 0.347 e. The van der Waals surface area contributed by atoms with Gasteiger partial charge in [0.05, 0.1) is 0 Å². The predicted molar refractivity (Wildman–Crippen MR) is 150 cm³/mol. The third-order valence-electron chi connectivity index (χ3n) is 5.63. The molecule has 0 aliphatic rings. The van der Waals surface area contributed by atoms with Crippen LogP contribution < -0.4 is 18.9 Å². The Balaban J connectivity index is 1.42. The molecule has 2 N–H and O–H groups in total. The summed E-state index contributed by atoms with van der Waals surface area (Å²) in [5, 5.41) is 18.6. The molecule has 12 nitrogen and oxygen atoms in total. The van der Waals surface area contributed by atoms with Gasteiger partial charge >= 0.3 is 35.8 Å². The Hall–Kier alpha value is -6.56. The van der Waals surface area contributed by atoms with Gasteiger partial charge in [-0.3, -0.25) is 0 Å². The van der Waals surface area contributed by atoms with Gasteiger partial charge in [-0.15, -0.1) is 0 Å². The van der Waals surface area contributed by atoms with Crippen LogP contribution in [0.25, 0.3) is 0 Å². The standard InChI is InChI=1S/C32H20O12/c33-27(41-25-15-7-3-11-21(25)31(39)43-23-13-5-1-9-19(23)29(35)36)17-18-28(34)42-26-16-8-4-12-22(26)32(40)44-24-14-6-2-10-20(24)30(37)38/h1-18H,(H,35,36)(H,37,38)/b18-17+. The van der Waals surface area contributed by atoms with Crippen molar-refractivity contribution in [1.29, 1.82) is 0 Å². The van der Waals surface area contributed by atoms with Crippen LogP contribution in [0.4, 0.5) is 0 Å². The first-order chi connectivity index (χ1) is 21.1. The number of carbonyl (C=O) groups excluding carboxylic acids is 4. The maximum absolute atomic E-state index is 12.7. The fourth-order valence-corrected chi connectivity index (χ4v) is 3.64. The fraction of sp³-hybridized carbons (Fsp3) is 0. The number of ether oxygens (including phenoxy) is 4. The van der Waals surface area contributed by atoms with E-state index in [1.54, 1.807) is 0 Å². The third-order valence-corrected chi connectivity index (χ3v) is 5.63. The molecule has 4 aromatic rings. The van der Waals surface area contributed by atoms with Crippen molar-refractivity contribution in [3.05, 3.63) is 131 Å². The summed E-state index contributed by atoms with van der Waals surface area (Å²) in [5.41, 5.74) is -0.906. The summed E-state index contributed by atoms with van der Waals surface area (Å²) >= 11 is 0. The van der Waals surface area contributed by atoms with Crippen LogP contribution in [0.2, 0.25) is 0 Å². The van der Waals surface area contributed by atoms with Gasteiger partial charge in [0.25, 0.3) is 0 Å². The Bertz CT molecular complexity index is 1670. The highest BCUT2D eigenvalue weighted by Crippen LogP contribution is 2.25. The van der Waals surface area contributed by atoms with Crippen LogP contribution in [0.1, 0.15) is 41.4 Å². The first kappa shape index (κ1) is 30.4. The van der Waals surface area contributed by atoms with Crippen molar-refractivity contribution in [3.8, 4) is 23.0 Å². The Morgan fingerprint density at radius 3 is 1.00 bits per heavy atom. The zero-order chi connectivity index (χ0) is 31.6. The van der Waals surface area contributed by atoms with Crippen molar-refractivity contribution < 1.29 is 57.9 Å². The summed E-state index contributed by atoms with van der Waals surface area (Å²) in [6.45, 7) is 0. The summed E-state index contributed by atoms with van der Waals surface area (Å²) < 4.78 is 20.7. The van der Waals surface area contributed by atoms with Crippen molar-refractivity contribution in [2.75, 3.05) is 0 Å². The molecule has 0 spiro atoms. The van der Waals surface area contributed by atoms with E-state index < -0.39 is 35.8 Å². The Morgan fingerprint density at radius 1 is 0.409 bits per heavy atom. The van der Waals surface area contributed by atoms with Crippen LogP contribution in [0.3, 0.4) is 0 Å². The quantitative estimate of drug-likeness (QED) is 0.148. The first-order valence-corrected chi connectivity index (χ1v) is 12.5. The molecule has 12 heteroatoms. The lowest BCUT2D eigenvalue weighted by molar-refractivity contribution is -0.131. The number of benzene rings is 4. The second-order valence-corrected chi connectivity index (χ2v) is 8.55. The number of esters is 4. The minimum atomic E-state index is -1.31. The molecule has 0 saturated carbocycles. The Labute approximate surface area is 248 Å². The normalized spacial score (nSPS) is 10.5. The predicted octanol–water partition coefficient (Wildman–Crippen LogP) is 4.59. The molecule has 0 heterocycles. The van der Waals surface area contributed by atoms with Gasteiger partial charge in [-0.1, -0.05) is 48.5 Å². The number of carboxylic acids is 2. The first-order valence-electron chi connectivity index (χ1n) is 12.5. The van der Waals surface area contributed by atoms with Gasteiger partial charge in [0, 0.05) is 12.2 Å². The molecule has 0 aliphatic heterocycles. The topological polar surface area (TPSA) is 180 Å². The highest BCUT2D eigenvalue weighted by atomic mass is 16.6. The van der Waals surface area contributed by atoms with Crippen molar-refractivity contribution in [3.63, 3.8) is 0 Å². The molecule has 220 valence electrons. The number of carboxylic acid groups (broad SMARTS) is 2. The number of para-hydroxylation sites is 4. The van der Waals surface area contributed by atoms with E-state index in [2.05, 4.69) is 0 Å². The van der Waals surface area contributed by atoms with Crippen LogP contribution in [0, 0.1) is 0 Å². The monoisotopic (exact) mass is 596 g/mol. The number of rotatable bonds is 10. The zero-order valence-corrected chi connectivity index (χ0v) is 22.4. The largest absolute Gasteiger partial charge is 0.478 e. The molecule has 0 atom stereocenters. The number of hydrogen-bond donors (Lipinski definition) is 2. The molecule has 0 amide bonds. The van der Waals surface area contributed by atoms with Gasteiger partial charge < -0.3 is 29.2 Å². The molecule has 0 unspecified atom stereocenters. The van der Waals surface area contributed by atoms with Gasteiger partial charge in [0.2, 0.25) is 0 Å². The fourth-order valence-electron chi connectivity index (χ4n) is 3.64. The molecule has 44 heavy (non-hydrogen) atoms. The van der Waals surface area contributed by atoms with E-state index in [-0.39, 0.29) is 45.3 Å². The van der Waals surface area contributed by atoms with Crippen molar-refractivity contribution in [2.45, 2.75) is 0 Å². The van der Waals surface area contributed by atoms with E-state index >= 15 is 0 Å². The van der Waals surface area contributed by atoms with E-state index in [4.69, 9.17) is 18.9 Å². The van der Waals surface area contributed by atoms with E-state index in [1.165, 1.54) is 97.1 Å².